The summed E-state index contributed by atoms with van der Waals surface area (Å²) in [4.78, 5) is 4.37. The molecule has 1 heterocycles. The molecule has 2 aromatic rings. The number of aromatic nitrogens is 1. The van der Waals surface area contributed by atoms with Crippen molar-refractivity contribution in [1.82, 2.24) is 9.71 Å². The molecule has 1 aromatic heterocycles. The number of anilines is 1. The second kappa shape index (κ2) is 6.14. The Morgan fingerprint density at radius 3 is 2.58 bits per heavy atom. The highest BCUT2D eigenvalue weighted by molar-refractivity contribution is 7.89. The average molecular weight is 297 g/mol. The second-order valence-corrected chi connectivity index (χ2v) is 6.39. The van der Waals surface area contributed by atoms with Gasteiger partial charge >= 0.3 is 0 Å². The zero-order valence-electron chi connectivity index (χ0n) is 10.5. The van der Waals surface area contributed by atoms with E-state index < -0.39 is 10.0 Å². The SMILES string of the molecule is CNc1ccc(S(=O)(=O)NCCc2cscn2)cc1. The third-order valence-corrected chi connectivity index (χ3v) is 4.72. The standard InChI is InChI=1S/C12H15N3O2S2/c1-13-10-2-4-12(5-3-10)19(16,17)15-7-6-11-8-18-9-14-11/h2-5,8-9,13,15H,6-7H2,1H3. The van der Waals surface area contributed by atoms with Gasteiger partial charge in [0.05, 0.1) is 16.1 Å². The van der Waals surface area contributed by atoms with Gasteiger partial charge in [-0.25, -0.2) is 18.1 Å². The highest BCUT2D eigenvalue weighted by Gasteiger charge is 2.13. The summed E-state index contributed by atoms with van der Waals surface area (Å²) in [6.45, 7) is 0.347. The summed E-state index contributed by atoms with van der Waals surface area (Å²) in [7, 11) is -1.65. The molecule has 5 nitrogen and oxygen atoms in total. The van der Waals surface area contributed by atoms with E-state index in [1.165, 1.54) is 11.3 Å². The fourth-order valence-electron chi connectivity index (χ4n) is 1.56. The minimum atomic E-state index is -3.44. The molecule has 0 fully saturated rings. The molecule has 0 atom stereocenters. The maximum absolute atomic E-state index is 12.0. The lowest BCUT2D eigenvalue weighted by molar-refractivity contribution is 0.581. The summed E-state index contributed by atoms with van der Waals surface area (Å²) in [6.07, 6.45) is 0.595. The molecule has 0 saturated carbocycles. The first-order valence-electron chi connectivity index (χ1n) is 5.76. The van der Waals surface area contributed by atoms with Crippen molar-refractivity contribution in [2.24, 2.45) is 0 Å². The summed E-state index contributed by atoms with van der Waals surface area (Å²) in [6, 6.07) is 6.62. The van der Waals surface area contributed by atoms with E-state index in [1.54, 1.807) is 36.8 Å². The van der Waals surface area contributed by atoms with Crippen LogP contribution in [0.15, 0.2) is 40.1 Å². The van der Waals surface area contributed by atoms with Gasteiger partial charge in [0, 0.05) is 31.1 Å². The van der Waals surface area contributed by atoms with Crippen molar-refractivity contribution in [3.63, 3.8) is 0 Å². The highest BCUT2D eigenvalue weighted by Crippen LogP contribution is 2.13. The van der Waals surface area contributed by atoms with Crippen LogP contribution in [-0.2, 0) is 16.4 Å². The molecule has 19 heavy (non-hydrogen) atoms. The molecule has 7 heteroatoms. The lowest BCUT2D eigenvalue weighted by atomic mass is 10.3. The molecule has 102 valence electrons. The van der Waals surface area contributed by atoms with Gasteiger partial charge in [-0.05, 0) is 24.3 Å². The van der Waals surface area contributed by atoms with E-state index in [0.29, 0.717) is 13.0 Å². The Hall–Kier alpha value is -1.44. The molecule has 0 spiro atoms. The van der Waals surface area contributed by atoms with Crippen LogP contribution in [0.2, 0.25) is 0 Å². The van der Waals surface area contributed by atoms with E-state index in [9.17, 15) is 8.42 Å². The Labute approximate surface area is 116 Å². The monoisotopic (exact) mass is 297 g/mol. The summed E-state index contributed by atoms with van der Waals surface area (Å²) < 4.78 is 26.6. The van der Waals surface area contributed by atoms with Crippen LogP contribution in [0.4, 0.5) is 5.69 Å². The summed E-state index contributed by atoms with van der Waals surface area (Å²) in [5, 5.41) is 4.86. The van der Waals surface area contributed by atoms with E-state index >= 15 is 0 Å². The molecule has 0 saturated heterocycles. The molecule has 2 rings (SSSR count). The fourth-order valence-corrected chi connectivity index (χ4v) is 3.18. The predicted octanol–water partition coefficient (Wildman–Crippen LogP) is 1.71. The van der Waals surface area contributed by atoms with Gasteiger partial charge in [0.1, 0.15) is 0 Å². The Morgan fingerprint density at radius 2 is 2.00 bits per heavy atom. The van der Waals surface area contributed by atoms with Crippen LogP contribution in [0.1, 0.15) is 5.69 Å². The predicted molar refractivity (Wildman–Crippen MR) is 77.0 cm³/mol. The number of sulfonamides is 1. The molecule has 2 N–H and O–H groups in total. The van der Waals surface area contributed by atoms with Crippen molar-refractivity contribution in [3.05, 3.63) is 40.8 Å². The summed E-state index contributed by atoms with van der Waals surface area (Å²) >= 11 is 1.50. The molecular weight excluding hydrogens is 282 g/mol. The molecule has 0 amide bonds. The van der Waals surface area contributed by atoms with Gasteiger partial charge in [0.25, 0.3) is 0 Å². The summed E-state index contributed by atoms with van der Waals surface area (Å²) in [5.74, 6) is 0. The van der Waals surface area contributed by atoms with Gasteiger partial charge in [0.15, 0.2) is 0 Å². The normalized spacial score (nSPS) is 11.4. The Balaban J connectivity index is 1.97. The number of benzene rings is 1. The third kappa shape index (κ3) is 3.76. The zero-order valence-corrected chi connectivity index (χ0v) is 12.1. The highest BCUT2D eigenvalue weighted by atomic mass is 32.2. The Morgan fingerprint density at radius 1 is 1.26 bits per heavy atom. The Kier molecular flexibility index (Phi) is 4.52. The van der Waals surface area contributed by atoms with Crippen molar-refractivity contribution in [1.29, 1.82) is 0 Å². The van der Waals surface area contributed by atoms with Gasteiger partial charge in [-0.15, -0.1) is 11.3 Å². The Bertz CT molecular complexity index is 607. The summed E-state index contributed by atoms with van der Waals surface area (Å²) in [5.41, 5.74) is 3.51. The first-order valence-corrected chi connectivity index (χ1v) is 8.19. The molecule has 0 radical (unpaired) electrons. The van der Waals surface area contributed by atoms with Gasteiger partial charge in [-0.3, -0.25) is 0 Å². The number of rotatable bonds is 6. The van der Waals surface area contributed by atoms with Crippen molar-refractivity contribution in [2.45, 2.75) is 11.3 Å². The second-order valence-electron chi connectivity index (χ2n) is 3.90. The van der Waals surface area contributed by atoms with E-state index in [0.717, 1.165) is 11.4 Å². The first-order chi connectivity index (χ1) is 9.12. The molecule has 0 aliphatic rings. The zero-order chi connectivity index (χ0) is 13.7. The van der Waals surface area contributed by atoms with Crippen molar-refractivity contribution in [2.75, 3.05) is 18.9 Å². The quantitative estimate of drug-likeness (QED) is 0.851. The van der Waals surface area contributed by atoms with Crippen LogP contribution in [0.25, 0.3) is 0 Å². The molecule has 0 aliphatic heterocycles. The van der Waals surface area contributed by atoms with Crippen molar-refractivity contribution in [3.8, 4) is 0 Å². The van der Waals surface area contributed by atoms with Crippen molar-refractivity contribution < 1.29 is 8.42 Å². The van der Waals surface area contributed by atoms with Crippen LogP contribution < -0.4 is 10.0 Å². The minimum absolute atomic E-state index is 0.268. The molecular formula is C12H15N3O2S2. The first kappa shape index (κ1) is 14.0. The van der Waals surface area contributed by atoms with Gasteiger partial charge in [0.2, 0.25) is 10.0 Å². The van der Waals surface area contributed by atoms with Gasteiger partial charge < -0.3 is 5.32 Å². The molecule has 1 aromatic carbocycles. The third-order valence-electron chi connectivity index (χ3n) is 2.61. The van der Waals surface area contributed by atoms with Gasteiger partial charge in [-0.2, -0.15) is 0 Å². The average Bonchev–Trinajstić information content (AvgIpc) is 2.92. The molecule has 0 unspecified atom stereocenters. The van der Waals surface area contributed by atoms with E-state index in [2.05, 4.69) is 15.0 Å². The number of nitrogens with zero attached hydrogens (tertiary/aromatic N) is 1. The number of thiazole rings is 1. The van der Waals surface area contributed by atoms with Crippen LogP contribution >= 0.6 is 11.3 Å². The van der Waals surface area contributed by atoms with Crippen LogP contribution in [0.3, 0.4) is 0 Å². The van der Waals surface area contributed by atoms with Crippen molar-refractivity contribution >= 4 is 27.0 Å². The van der Waals surface area contributed by atoms with Gasteiger partial charge in [-0.1, -0.05) is 0 Å². The maximum atomic E-state index is 12.0. The topological polar surface area (TPSA) is 71.1 Å². The van der Waals surface area contributed by atoms with Crippen LogP contribution in [0, 0.1) is 0 Å². The van der Waals surface area contributed by atoms with Crippen LogP contribution in [0.5, 0.6) is 0 Å². The van der Waals surface area contributed by atoms with Crippen LogP contribution in [-0.4, -0.2) is 27.0 Å². The number of hydrogen-bond donors (Lipinski definition) is 2. The molecule has 0 aliphatic carbocycles. The largest absolute Gasteiger partial charge is 0.388 e. The fraction of sp³-hybridized carbons (Fsp3) is 0.250. The minimum Gasteiger partial charge on any atom is -0.388 e. The number of nitrogens with one attached hydrogen (secondary N) is 2. The smallest absolute Gasteiger partial charge is 0.240 e. The van der Waals surface area contributed by atoms with E-state index in [-0.39, 0.29) is 4.90 Å². The maximum Gasteiger partial charge on any atom is 0.240 e. The lowest BCUT2D eigenvalue weighted by Gasteiger charge is -2.07. The number of hydrogen-bond acceptors (Lipinski definition) is 5. The lowest BCUT2D eigenvalue weighted by Crippen LogP contribution is -2.26. The van der Waals surface area contributed by atoms with E-state index in [4.69, 9.17) is 0 Å². The van der Waals surface area contributed by atoms with E-state index in [1.807, 2.05) is 5.38 Å². The molecule has 0 bridgehead atoms.